The van der Waals surface area contributed by atoms with Crippen LogP contribution in [-0.4, -0.2) is 16.1 Å². The van der Waals surface area contributed by atoms with E-state index in [4.69, 9.17) is 9.52 Å². The van der Waals surface area contributed by atoms with Gasteiger partial charge < -0.3 is 9.52 Å². The highest BCUT2D eigenvalue weighted by Gasteiger charge is 2.22. The Hall–Kier alpha value is -1.32. The molecule has 1 heterocycles. The highest BCUT2D eigenvalue weighted by molar-refractivity contribution is 5.69. The van der Waals surface area contributed by atoms with Crippen LogP contribution < -0.4 is 0 Å². The van der Waals surface area contributed by atoms with Crippen LogP contribution in [0.5, 0.6) is 0 Å². The molecule has 1 aliphatic rings. The molecule has 1 aromatic heterocycles. The molecule has 0 atom stereocenters. The summed E-state index contributed by atoms with van der Waals surface area (Å²) in [5, 5.41) is 8.73. The molecule has 1 N–H and O–H groups in total. The first-order chi connectivity index (χ1) is 7.66. The number of oxazole rings is 1. The molecule has 1 aliphatic carbocycles. The van der Waals surface area contributed by atoms with Crippen LogP contribution in [0.25, 0.3) is 0 Å². The minimum atomic E-state index is -0.855. The fourth-order valence-electron chi connectivity index (χ4n) is 2.28. The fraction of sp³-hybridized carbons (Fsp3) is 0.667. The summed E-state index contributed by atoms with van der Waals surface area (Å²) in [5.41, 5.74) is 0.577. The first kappa shape index (κ1) is 11.2. The second-order valence-electron chi connectivity index (χ2n) is 4.46. The van der Waals surface area contributed by atoms with Crippen LogP contribution in [0.3, 0.4) is 0 Å². The topological polar surface area (TPSA) is 63.3 Å². The average Bonchev–Trinajstić information content (AvgIpc) is 2.61. The lowest BCUT2D eigenvalue weighted by Gasteiger charge is -2.17. The molecule has 0 aromatic carbocycles. The predicted octanol–water partition coefficient (Wildman–Crippen LogP) is 2.66. The standard InChI is InChI=1S/C12H17NO3/c1-8-10(7-11(14)15)13-12(16-8)9-5-3-2-4-6-9/h9H,2-7H2,1H3,(H,14,15). The number of carbonyl (C=O) groups is 1. The van der Waals surface area contributed by atoms with Gasteiger partial charge in [0.15, 0.2) is 5.89 Å². The van der Waals surface area contributed by atoms with E-state index in [1.165, 1.54) is 19.3 Å². The maximum Gasteiger partial charge on any atom is 0.309 e. The molecule has 2 rings (SSSR count). The number of carboxylic acids is 1. The summed E-state index contributed by atoms with van der Waals surface area (Å²) in [7, 11) is 0. The maximum absolute atomic E-state index is 10.6. The summed E-state index contributed by atoms with van der Waals surface area (Å²) >= 11 is 0. The predicted molar refractivity (Wildman–Crippen MR) is 58.4 cm³/mol. The lowest BCUT2D eigenvalue weighted by molar-refractivity contribution is -0.136. The van der Waals surface area contributed by atoms with Gasteiger partial charge >= 0.3 is 5.97 Å². The van der Waals surface area contributed by atoms with Crippen molar-refractivity contribution in [1.29, 1.82) is 0 Å². The van der Waals surface area contributed by atoms with Crippen LogP contribution in [0.15, 0.2) is 4.42 Å². The molecule has 1 aromatic rings. The van der Waals surface area contributed by atoms with Crippen molar-refractivity contribution in [1.82, 2.24) is 4.98 Å². The molecular weight excluding hydrogens is 206 g/mol. The summed E-state index contributed by atoms with van der Waals surface area (Å²) in [5.74, 6) is 0.943. The second kappa shape index (κ2) is 4.68. The molecule has 0 saturated heterocycles. The van der Waals surface area contributed by atoms with E-state index < -0.39 is 5.97 Å². The van der Waals surface area contributed by atoms with Gasteiger partial charge in [-0.25, -0.2) is 4.98 Å². The molecule has 0 spiro atoms. The number of aliphatic carboxylic acids is 1. The maximum atomic E-state index is 10.6. The fourth-order valence-corrected chi connectivity index (χ4v) is 2.28. The summed E-state index contributed by atoms with van der Waals surface area (Å²) in [6, 6.07) is 0. The van der Waals surface area contributed by atoms with E-state index >= 15 is 0 Å². The number of aryl methyl sites for hydroxylation is 1. The van der Waals surface area contributed by atoms with E-state index in [0.29, 0.717) is 17.4 Å². The molecule has 88 valence electrons. The Kier molecular flexibility index (Phi) is 3.27. The minimum absolute atomic E-state index is 0.0396. The SMILES string of the molecule is Cc1oc(C2CCCCC2)nc1CC(=O)O. The third-order valence-corrected chi connectivity index (χ3v) is 3.18. The molecule has 0 bridgehead atoms. The van der Waals surface area contributed by atoms with Crippen LogP contribution in [-0.2, 0) is 11.2 Å². The van der Waals surface area contributed by atoms with Crippen molar-refractivity contribution in [2.45, 2.75) is 51.4 Å². The van der Waals surface area contributed by atoms with E-state index in [1.54, 1.807) is 6.92 Å². The van der Waals surface area contributed by atoms with Gasteiger partial charge in [0.2, 0.25) is 0 Å². The number of hydrogen-bond acceptors (Lipinski definition) is 3. The van der Waals surface area contributed by atoms with Gasteiger partial charge in [0.05, 0.1) is 12.1 Å². The average molecular weight is 223 g/mol. The van der Waals surface area contributed by atoms with Crippen LogP contribution in [0.4, 0.5) is 0 Å². The van der Waals surface area contributed by atoms with Crippen molar-refractivity contribution in [2.75, 3.05) is 0 Å². The summed E-state index contributed by atoms with van der Waals surface area (Å²) in [6.45, 7) is 1.79. The zero-order valence-corrected chi connectivity index (χ0v) is 9.53. The molecule has 16 heavy (non-hydrogen) atoms. The smallest absolute Gasteiger partial charge is 0.309 e. The van der Waals surface area contributed by atoms with Crippen molar-refractivity contribution >= 4 is 5.97 Å². The minimum Gasteiger partial charge on any atom is -0.481 e. The van der Waals surface area contributed by atoms with Gasteiger partial charge in [-0.15, -0.1) is 0 Å². The van der Waals surface area contributed by atoms with Crippen LogP contribution >= 0.6 is 0 Å². The van der Waals surface area contributed by atoms with Gasteiger partial charge in [-0.2, -0.15) is 0 Å². The first-order valence-corrected chi connectivity index (χ1v) is 5.85. The molecule has 0 amide bonds. The Morgan fingerprint density at radius 1 is 1.44 bits per heavy atom. The number of aromatic nitrogens is 1. The molecule has 0 radical (unpaired) electrons. The van der Waals surface area contributed by atoms with Gasteiger partial charge in [0.1, 0.15) is 5.76 Å². The molecular formula is C12H17NO3. The highest BCUT2D eigenvalue weighted by Crippen LogP contribution is 2.32. The normalized spacial score (nSPS) is 17.6. The van der Waals surface area contributed by atoms with Crippen LogP contribution in [0.1, 0.15) is 55.4 Å². The molecule has 1 saturated carbocycles. The number of carboxylic acid groups (broad SMARTS) is 1. The van der Waals surface area contributed by atoms with E-state index in [0.717, 1.165) is 18.7 Å². The molecule has 0 aliphatic heterocycles. The van der Waals surface area contributed by atoms with E-state index in [2.05, 4.69) is 4.98 Å². The van der Waals surface area contributed by atoms with Gasteiger partial charge in [-0.3, -0.25) is 4.79 Å². The Morgan fingerprint density at radius 2 is 2.12 bits per heavy atom. The Labute approximate surface area is 94.7 Å². The van der Waals surface area contributed by atoms with Crippen molar-refractivity contribution in [3.8, 4) is 0 Å². The van der Waals surface area contributed by atoms with E-state index in [-0.39, 0.29) is 6.42 Å². The van der Waals surface area contributed by atoms with Gasteiger partial charge in [0, 0.05) is 5.92 Å². The van der Waals surface area contributed by atoms with Gasteiger partial charge in [-0.05, 0) is 19.8 Å². The van der Waals surface area contributed by atoms with Crippen LogP contribution in [0, 0.1) is 6.92 Å². The zero-order chi connectivity index (χ0) is 11.5. The van der Waals surface area contributed by atoms with Crippen molar-refractivity contribution in [3.05, 3.63) is 17.3 Å². The largest absolute Gasteiger partial charge is 0.481 e. The first-order valence-electron chi connectivity index (χ1n) is 5.85. The highest BCUT2D eigenvalue weighted by atomic mass is 16.4. The Balaban J connectivity index is 2.12. The van der Waals surface area contributed by atoms with Crippen molar-refractivity contribution in [2.24, 2.45) is 0 Å². The van der Waals surface area contributed by atoms with E-state index in [9.17, 15) is 4.79 Å². The van der Waals surface area contributed by atoms with E-state index in [1.807, 2.05) is 0 Å². The molecule has 0 unspecified atom stereocenters. The lowest BCUT2D eigenvalue weighted by atomic mass is 9.89. The second-order valence-corrected chi connectivity index (χ2v) is 4.46. The number of rotatable bonds is 3. The summed E-state index contributed by atoms with van der Waals surface area (Å²) in [4.78, 5) is 15.0. The van der Waals surface area contributed by atoms with Crippen LogP contribution in [0.2, 0.25) is 0 Å². The zero-order valence-electron chi connectivity index (χ0n) is 9.53. The monoisotopic (exact) mass is 223 g/mol. The van der Waals surface area contributed by atoms with Gasteiger partial charge in [-0.1, -0.05) is 19.3 Å². The Morgan fingerprint density at radius 3 is 2.75 bits per heavy atom. The van der Waals surface area contributed by atoms with Crippen molar-refractivity contribution < 1.29 is 14.3 Å². The third kappa shape index (κ3) is 2.43. The summed E-state index contributed by atoms with van der Waals surface area (Å²) < 4.78 is 5.58. The summed E-state index contributed by atoms with van der Waals surface area (Å²) in [6.07, 6.45) is 5.93. The Bertz CT molecular complexity index is 378. The molecule has 4 nitrogen and oxygen atoms in total. The number of nitrogens with zero attached hydrogens (tertiary/aromatic N) is 1. The third-order valence-electron chi connectivity index (χ3n) is 3.18. The molecule has 1 fully saturated rings. The lowest BCUT2D eigenvalue weighted by Crippen LogP contribution is -2.06. The quantitative estimate of drug-likeness (QED) is 0.855. The molecule has 4 heteroatoms. The van der Waals surface area contributed by atoms with Gasteiger partial charge in [0.25, 0.3) is 0 Å². The van der Waals surface area contributed by atoms with Crippen molar-refractivity contribution in [3.63, 3.8) is 0 Å². The number of hydrogen-bond donors (Lipinski definition) is 1.